The Morgan fingerprint density at radius 3 is 2.94 bits per heavy atom. The Kier molecular flexibility index (Phi) is 3.55. The minimum absolute atomic E-state index is 0. The van der Waals surface area contributed by atoms with Gasteiger partial charge in [-0.2, -0.15) is 0 Å². The van der Waals surface area contributed by atoms with Crippen LogP contribution < -0.4 is 10.6 Å². The summed E-state index contributed by atoms with van der Waals surface area (Å²) in [5.74, 6) is 1.02. The van der Waals surface area contributed by atoms with Gasteiger partial charge in [0.1, 0.15) is 5.82 Å². The van der Waals surface area contributed by atoms with E-state index in [1.54, 1.807) is 0 Å². The van der Waals surface area contributed by atoms with E-state index in [-0.39, 0.29) is 12.4 Å². The fraction of sp³-hybridized carbons (Fsp3) is 0.308. The average molecular weight is 284 g/mol. The molecule has 2 heterocycles. The second-order valence-electron chi connectivity index (χ2n) is 4.51. The van der Waals surface area contributed by atoms with E-state index in [0.717, 1.165) is 47.4 Å². The maximum atomic E-state index is 6.25. The molecule has 1 aromatic heterocycles. The average Bonchev–Trinajstić information content (AvgIpc) is 2.32. The molecule has 0 unspecified atom stereocenters. The summed E-state index contributed by atoms with van der Waals surface area (Å²) in [7, 11) is 2.06. The molecule has 0 saturated carbocycles. The maximum absolute atomic E-state index is 6.25. The molecule has 3 rings (SSSR count). The van der Waals surface area contributed by atoms with Crippen LogP contribution in [-0.2, 0) is 6.42 Å². The van der Waals surface area contributed by atoms with Gasteiger partial charge < -0.3 is 10.6 Å². The largest absolute Gasteiger partial charge is 0.398 e. The van der Waals surface area contributed by atoms with E-state index in [1.807, 2.05) is 18.2 Å². The highest BCUT2D eigenvalue weighted by Crippen LogP contribution is 2.35. The number of fused-ring (bicyclic) bond motifs is 2. The molecule has 0 spiro atoms. The van der Waals surface area contributed by atoms with Crippen molar-refractivity contribution >= 4 is 46.4 Å². The molecular formula is C13H15Cl2N3. The molecule has 96 valence electrons. The number of nitrogens with two attached hydrogens (primary N) is 1. The van der Waals surface area contributed by atoms with Gasteiger partial charge in [-0.05, 0) is 31.0 Å². The molecular weight excluding hydrogens is 269 g/mol. The molecule has 1 aromatic carbocycles. The van der Waals surface area contributed by atoms with E-state index in [4.69, 9.17) is 17.3 Å². The summed E-state index contributed by atoms with van der Waals surface area (Å²) < 4.78 is 0. The highest BCUT2D eigenvalue weighted by molar-refractivity contribution is 6.31. The third-order valence-corrected chi connectivity index (χ3v) is 3.59. The number of nitrogen functional groups attached to an aromatic ring is 1. The zero-order chi connectivity index (χ0) is 12.0. The zero-order valence-corrected chi connectivity index (χ0v) is 11.7. The Balaban J connectivity index is 0.00000120. The summed E-state index contributed by atoms with van der Waals surface area (Å²) in [5.41, 5.74) is 9.15. The van der Waals surface area contributed by atoms with Crippen LogP contribution in [0.25, 0.3) is 10.9 Å². The molecule has 0 saturated heterocycles. The van der Waals surface area contributed by atoms with Crippen LogP contribution in [0.2, 0.25) is 5.02 Å². The zero-order valence-electron chi connectivity index (χ0n) is 10.1. The highest BCUT2D eigenvalue weighted by atomic mass is 35.5. The van der Waals surface area contributed by atoms with Crippen LogP contribution in [0.15, 0.2) is 18.2 Å². The number of halogens is 2. The molecule has 2 aromatic rings. The number of hydrogen-bond acceptors (Lipinski definition) is 3. The van der Waals surface area contributed by atoms with Gasteiger partial charge in [-0.25, -0.2) is 4.98 Å². The van der Waals surface area contributed by atoms with Crippen molar-refractivity contribution in [3.05, 3.63) is 28.8 Å². The molecule has 2 N–H and O–H groups in total. The minimum atomic E-state index is 0. The van der Waals surface area contributed by atoms with Crippen molar-refractivity contribution in [2.24, 2.45) is 0 Å². The van der Waals surface area contributed by atoms with Gasteiger partial charge in [0.15, 0.2) is 0 Å². The van der Waals surface area contributed by atoms with Gasteiger partial charge in [0.25, 0.3) is 0 Å². The molecule has 0 bridgehead atoms. The van der Waals surface area contributed by atoms with Crippen molar-refractivity contribution in [2.75, 3.05) is 24.2 Å². The van der Waals surface area contributed by atoms with E-state index in [1.165, 1.54) is 0 Å². The Bertz CT molecular complexity index is 598. The molecule has 18 heavy (non-hydrogen) atoms. The molecule has 0 amide bonds. The predicted molar refractivity (Wildman–Crippen MR) is 80.0 cm³/mol. The van der Waals surface area contributed by atoms with Crippen molar-refractivity contribution in [1.82, 2.24) is 4.98 Å². The second-order valence-corrected chi connectivity index (χ2v) is 4.95. The predicted octanol–water partition coefficient (Wildman–Crippen LogP) is 3.27. The molecule has 3 nitrogen and oxygen atoms in total. The molecule has 1 aliphatic rings. The van der Waals surface area contributed by atoms with Gasteiger partial charge in [0.05, 0.1) is 5.52 Å². The van der Waals surface area contributed by atoms with Gasteiger partial charge in [-0.1, -0.05) is 11.6 Å². The number of rotatable bonds is 0. The summed E-state index contributed by atoms with van der Waals surface area (Å²) in [4.78, 5) is 6.86. The van der Waals surface area contributed by atoms with E-state index in [0.29, 0.717) is 5.02 Å². The smallest absolute Gasteiger partial charge is 0.134 e. The highest BCUT2D eigenvalue weighted by Gasteiger charge is 2.19. The molecule has 5 heteroatoms. The van der Waals surface area contributed by atoms with Crippen LogP contribution in [-0.4, -0.2) is 18.6 Å². The lowest BCUT2D eigenvalue weighted by Gasteiger charge is -2.27. The fourth-order valence-corrected chi connectivity index (χ4v) is 2.62. The van der Waals surface area contributed by atoms with Crippen LogP contribution in [0.1, 0.15) is 12.0 Å². The first-order valence-electron chi connectivity index (χ1n) is 5.75. The second kappa shape index (κ2) is 4.82. The minimum Gasteiger partial charge on any atom is -0.398 e. The summed E-state index contributed by atoms with van der Waals surface area (Å²) in [6, 6.07) is 5.68. The number of anilines is 2. The van der Waals surface area contributed by atoms with Gasteiger partial charge >= 0.3 is 0 Å². The fourth-order valence-electron chi connectivity index (χ4n) is 2.45. The number of pyridine rings is 1. The van der Waals surface area contributed by atoms with Crippen molar-refractivity contribution in [1.29, 1.82) is 0 Å². The van der Waals surface area contributed by atoms with Gasteiger partial charge in [-0.3, -0.25) is 0 Å². The maximum Gasteiger partial charge on any atom is 0.134 e. The lowest BCUT2D eigenvalue weighted by molar-refractivity contribution is 0.735. The quantitative estimate of drug-likeness (QED) is 0.807. The van der Waals surface area contributed by atoms with E-state index in [9.17, 15) is 0 Å². The first-order chi connectivity index (χ1) is 8.16. The van der Waals surface area contributed by atoms with E-state index < -0.39 is 0 Å². The van der Waals surface area contributed by atoms with E-state index in [2.05, 4.69) is 16.9 Å². The van der Waals surface area contributed by atoms with Gasteiger partial charge in [0.2, 0.25) is 0 Å². The topological polar surface area (TPSA) is 42.2 Å². The van der Waals surface area contributed by atoms with Crippen LogP contribution >= 0.6 is 24.0 Å². The molecule has 1 aliphatic heterocycles. The third kappa shape index (κ3) is 1.98. The first-order valence-corrected chi connectivity index (χ1v) is 6.13. The van der Waals surface area contributed by atoms with Crippen LogP contribution in [0.3, 0.4) is 0 Å². The summed E-state index contributed by atoms with van der Waals surface area (Å²) in [5, 5.41) is 1.67. The number of hydrogen-bond donors (Lipinski definition) is 1. The third-order valence-electron chi connectivity index (χ3n) is 3.35. The molecule has 0 atom stereocenters. The Morgan fingerprint density at radius 2 is 2.17 bits per heavy atom. The number of benzene rings is 1. The SMILES string of the molecule is CN1CCCc2c1nc1ccc(Cl)cc1c2N.Cl. The Labute approximate surface area is 117 Å². The normalized spacial score (nSPS) is 14.2. The monoisotopic (exact) mass is 283 g/mol. The van der Waals surface area contributed by atoms with Crippen molar-refractivity contribution in [3.8, 4) is 0 Å². The number of aromatic nitrogens is 1. The Morgan fingerprint density at radius 1 is 1.39 bits per heavy atom. The summed E-state index contributed by atoms with van der Waals surface area (Å²) in [6.45, 7) is 1.04. The molecule has 0 radical (unpaired) electrons. The van der Waals surface area contributed by atoms with Crippen LogP contribution in [0, 0.1) is 0 Å². The van der Waals surface area contributed by atoms with Crippen molar-refractivity contribution in [3.63, 3.8) is 0 Å². The molecule has 0 fully saturated rings. The van der Waals surface area contributed by atoms with Crippen molar-refractivity contribution in [2.45, 2.75) is 12.8 Å². The Hall–Kier alpha value is -1.19. The van der Waals surface area contributed by atoms with Crippen LogP contribution in [0.5, 0.6) is 0 Å². The van der Waals surface area contributed by atoms with Crippen LogP contribution in [0.4, 0.5) is 11.5 Å². The first kappa shape index (κ1) is 13.2. The number of nitrogens with zero attached hydrogens (tertiary/aromatic N) is 2. The van der Waals surface area contributed by atoms with E-state index >= 15 is 0 Å². The van der Waals surface area contributed by atoms with Gasteiger partial charge in [-0.15, -0.1) is 12.4 Å². The van der Waals surface area contributed by atoms with Gasteiger partial charge in [0, 0.05) is 35.3 Å². The summed E-state index contributed by atoms with van der Waals surface area (Å²) >= 11 is 6.01. The lowest BCUT2D eigenvalue weighted by atomic mass is 10.0. The molecule has 0 aliphatic carbocycles. The summed E-state index contributed by atoms with van der Waals surface area (Å²) in [6.07, 6.45) is 2.13. The lowest BCUT2D eigenvalue weighted by Crippen LogP contribution is -2.26. The standard InChI is InChI=1S/C13H14ClN3.ClH/c1-17-6-2-3-9-12(15)10-7-8(14)4-5-11(10)16-13(9)17;/h4-5,7H,2-3,6H2,1H3,(H2,15,16);1H. The van der Waals surface area contributed by atoms with Crippen molar-refractivity contribution < 1.29 is 0 Å².